The Hall–Kier alpha value is -3.75. The van der Waals surface area contributed by atoms with E-state index in [1.807, 2.05) is 24.3 Å². The van der Waals surface area contributed by atoms with Crippen LogP contribution in [0.4, 0.5) is 0 Å². The first-order valence-corrected chi connectivity index (χ1v) is 11.7. The highest BCUT2D eigenvalue weighted by molar-refractivity contribution is 5.80. The Balaban J connectivity index is 1.89. The number of rotatable bonds is 10. The van der Waals surface area contributed by atoms with Crippen LogP contribution in [0.25, 0.3) is 11.1 Å². The van der Waals surface area contributed by atoms with Crippen molar-refractivity contribution in [2.45, 2.75) is 59.9 Å². The molecule has 3 rings (SSSR count). The van der Waals surface area contributed by atoms with Gasteiger partial charge in [-0.2, -0.15) is 5.10 Å². The van der Waals surface area contributed by atoms with Crippen molar-refractivity contribution >= 4 is 17.8 Å². The van der Waals surface area contributed by atoms with Gasteiger partial charge in [0.2, 0.25) is 11.8 Å². The number of carboxylic acids is 1. The molecule has 186 valence electrons. The van der Waals surface area contributed by atoms with Crippen LogP contribution in [0.1, 0.15) is 69.0 Å². The number of aliphatic carboxylic acids is 1. The van der Waals surface area contributed by atoms with Gasteiger partial charge >= 0.3 is 5.97 Å². The molecule has 0 bridgehead atoms. The molecule has 0 spiro atoms. The molecule has 1 amide bonds. The van der Waals surface area contributed by atoms with Gasteiger partial charge in [0, 0.05) is 43.9 Å². The van der Waals surface area contributed by atoms with Crippen LogP contribution in [0.2, 0.25) is 0 Å². The molecule has 1 atom stereocenters. The van der Waals surface area contributed by atoms with Crippen molar-refractivity contribution < 1.29 is 19.5 Å². The number of carbonyl (C=O) groups excluding carboxylic acids is 2. The van der Waals surface area contributed by atoms with Gasteiger partial charge in [-0.1, -0.05) is 51.5 Å². The second-order valence-corrected chi connectivity index (χ2v) is 9.64. The van der Waals surface area contributed by atoms with Gasteiger partial charge in [-0.05, 0) is 23.0 Å². The Bertz CT molecular complexity index is 1190. The molecule has 1 unspecified atom stereocenters. The van der Waals surface area contributed by atoms with Crippen molar-refractivity contribution in [3.05, 3.63) is 59.9 Å². The summed E-state index contributed by atoms with van der Waals surface area (Å²) in [6, 6.07) is 7.13. The minimum Gasteiger partial charge on any atom is -0.480 e. The molecular formula is C26H33N5O4. The van der Waals surface area contributed by atoms with Crippen LogP contribution >= 0.6 is 0 Å². The topological polar surface area (TPSA) is 121 Å². The number of nitrogens with zero attached hydrogens (tertiary/aromatic N) is 4. The zero-order valence-corrected chi connectivity index (χ0v) is 20.9. The molecule has 9 heteroatoms. The van der Waals surface area contributed by atoms with Crippen LogP contribution in [0, 0.1) is 5.41 Å². The van der Waals surface area contributed by atoms with Crippen molar-refractivity contribution in [2.75, 3.05) is 6.54 Å². The third kappa shape index (κ3) is 6.65. The molecule has 0 aliphatic heterocycles. The van der Waals surface area contributed by atoms with Crippen molar-refractivity contribution in [1.82, 2.24) is 24.6 Å². The summed E-state index contributed by atoms with van der Waals surface area (Å²) in [4.78, 5) is 44.7. The third-order valence-corrected chi connectivity index (χ3v) is 6.30. The number of nitrogens with one attached hydrogen (secondary N) is 1. The molecule has 9 nitrogen and oxygen atoms in total. The van der Waals surface area contributed by atoms with Gasteiger partial charge in [-0.15, -0.1) is 0 Å². The summed E-state index contributed by atoms with van der Waals surface area (Å²) in [5, 5.41) is 13.5. The van der Waals surface area contributed by atoms with E-state index in [-0.39, 0.29) is 17.2 Å². The van der Waals surface area contributed by atoms with Crippen molar-refractivity contribution in [3.63, 3.8) is 0 Å². The number of carboxylic acid groups (broad SMARTS) is 1. The number of hydrogen-bond acceptors (Lipinski definition) is 5. The lowest BCUT2D eigenvalue weighted by Crippen LogP contribution is -2.38. The largest absolute Gasteiger partial charge is 0.480 e. The second kappa shape index (κ2) is 10.7. The average Bonchev–Trinajstić information content (AvgIpc) is 3.46. The molecule has 35 heavy (non-hydrogen) atoms. The average molecular weight is 480 g/mol. The maximum Gasteiger partial charge on any atom is 0.323 e. The van der Waals surface area contributed by atoms with Crippen LogP contribution in [0.5, 0.6) is 0 Å². The highest BCUT2D eigenvalue weighted by atomic mass is 16.4. The van der Waals surface area contributed by atoms with Gasteiger partial charge in [-0.25, -0.2) is 9.67 Å². The van der Waals surface area contributed by atoms with Crippen LogP contribution in [0.15, 0.2) is 42.9 Å². The Labute approximate surface area is 205 Å². The summed E-state index contributed by atoms with van der Waals surface area (Å²) >= 11 is 0. The lowest BCUT2D eigenvalue weighted by molar-refractivity contribution is -0.145. The molecule has 0 saturated carbocycles. The summed E-state index contributed by atoms with van der Waals surface area (Å²) in [7, 11) is 0. The van der Waals surface area contributed by atoms with Gasteiger partial charge < -0.3 is 15.0 Å². The number of aromatic amines is 1. The Morgan fingerprint density at radius 2 is 1.80 bits per heavy atom. The fourth-order valence-electron chi connectivity index (χ4n) is 3.92. The van der Waals surface area contributed by atoms with Crippen molar-refractivity contribution in [3.8, 4) is 11.1 Å². The lowest BCUT2D eigenvalue weighted by atomic mass is 9.85. The quantitative estimate of drug-likeness (QED) is 0.451. The third-order valence-electron chi connectivity index (χ3n) is 6.30. The monoisotopic (exact) mass is 479 g/mol. The molecular weight excluding hydrogens is 446 g/mol. The van der Waals surface area contributed by atoms with Crippen LogP contribution < -0.4 is 0 Å². The second-order valence-electron chi connectivity index (χ2n) is 9.64. The molecule has 3 aromatic rings. The SMILES string of the molecule is CCC(C)(C)Cc1cnc(C(Cc2ccc(-c3cnn(C(C)=O)c3)cc2)N(CC(=O)O)C(C)=O)[nH]1. The van der Waals surface area contributed by atoms with E-state index in [2.05, 4.69) is 35.8 Å². The minimum absolute atomic E-state index is 0.0899. The normalized spacial score (nSPS) is 12.4. The van der Waals surface area contributed by atoms with Gasteiger partial charge in [0.1, 0.15) is 12.4 Å². The van der Waals surface area contributed by atoms with E-state index < -0.39 is 18.6 Å². The van der Waals surface area contributed by atoms with Crippen LogP contribution in [-0.4, -0.2) is 54.1 Å². The number of aromatic nitrogens is 4. The van der Waals surface area contributed by atoms with Gasteiger partial charge in [-0.3, -0.25) is 14.4 Å². The van der Waals surface area contributed by atoms with E-state index in [0.717, 1.165) is 35.2 Å². The van der Waals surface area contributed by atoms with E-state index in [0.29, 0.717) is 12.2 Å². The predicted molar refractivity (Wildman–Crippen MR) is 132 cm³/mol. The lowest BCUT2D eigenvalue weighted by Gasteiger charge is -2.28. The maximum atomic E-state index is 12.4. The first-order valence-electron chi connectivity index (χ1n) is 11.7. The smallest absolute Gasteiger partial charge is 0.323 e. The fourth-order valence-corrected chi connectivity index (χ4v) is 3.92. The summed E-state index contributed by atoms with van der Waals surface area (Å²) in [5.41, 5.74) is 3.67. The zero-order valence-electron chi connectivity index (χ0n) is 20.9. The van der Waals surface area contributed by atoms with E-state index in [4.69, 9.17) is 0 Å². The van der Waals surface area contributed by atoms with Crippen molar-refractivity contribution in [1.29, 1.82) is 0 Å². The number of hydrogen-bond donors (Lipinski definition) is 2. The van der Waals surface area contributed by atoms with E-state index in [1.54, 1.807) is 18.6 Å². The Kier molecular flexibility index (Phi) is 7.89. The molecule has 2 heterocycles. The van der Waals surface area contributed by atoms with E-state index in [1.165, 1.54) is 23.4 Å². The van der Waals surface area contributed by atoms with Crippen LogP contribution in [0.3, 0.4) is 0 Å². The molecule has 0 saturated heterocycles. The highest BCUT2D eigenvalue weighted by Gasteiger charge is 2.28. The summed E-state index contributed by atoms with van der Waals surface area (Å²) in [6.07, 6.45) is 7.27. The molecule has 0 aliphatic rings. The number of H-pyrrole nitrogens is 1. The molecule has 0 aliphatic carbocycles. The van der Waals surface area contributed by atoms with Crippen molar-refractivity contribution in [2.24, 2.45) is 5.41 Å². The number of benzene rings is 1. The fraction of sp³-hybridized carbons (Fsp3) is 0.423. The van der Waals surface area contributed by atoms with Gasteiger partial charge in [0.25, 0.3) is 0 Å². The molecule has 2 aromatic heterocycles. The van der Waals surface area contributed by atoms with Gasteiger partial charge in [0.05, 0.1) is 12.2 Å². The van der Waals surface area contributed by atoms with Gasteiger partial charge in [0.15, 0.2) is 0 Å². The minimum atomic E-state index is -1.08. The molecule has 0 fully saturated rings. The predicted octanol–water partition coefficient (Wildman–Crippen LogP) is 4.13. The number of carbonyl (C=O) groups is 3. The molecule has 1 aromatic carbocycles. The Morgan fingerprint density at radius 1 is 1.11 bits per heavy atom. The summed E-state index contributed by atoms with van der Waals surface area (Å²) in [5.74, 6) is -1.02. The molecule has 2 N–H and O–H groups in total. The number of imidazole rings is 1. The maximum absolute atomic E-state index is 12.4. The summed E-state index contributed by atoms with van der Waals surface area (Å²) < 4.78 is 1.28. The van der Waals surface area contributed by atoms with E-state index in [9.17, 15) is 19.5 Å². The standard InChI is InChI=1S/C26H33N5O4/c1-6-26(4,5)12-22-14-27-25(29-22)23(30(17(2)32)16-24(34)35)11-19-7-9-20(10-8-19)21-13-28-31(15-21)18(3)33/h7-10,13-15,23H,6,11-12,16H2,1-5H3,(H,27,29)(H,34,35). The Morgan fingerprint density at radius 3 is 2.34 bits per heavy atom. The number of amides is 1. The zero-order chi connectivity index (χ0) is 25.8. The van der Waals surface area contributed by atoms with E-state index >= 15 is 0 Å². The molecule has 0 radical (unpaired) electrons. The summed E-state index contributed by atoms with van der Waals surface area (Å²) in [6.45, 7) is 8.90. The van der Waals surface area contributed by atoms with Crippen LogP contribution in [-0.2, 0) is 22.4 Å². The first kappa shape index (κ1) is 25.9. The first-order chi connectivity index (χ1) is 16.5. The highest BCUT2D eigenvalue weighted by Crippen LogP contribution is 2.28.